The van der Waals surface area contributed by atoms with Crippen LogP contribution in [0, 0.1) is 0 Å². The monoisotopic (exact) mass is 466 g/mol. The summed E-state index contributed by atoms with van der Waals surface area (Å²) in [5, 5.41) is 17.9. The van der Waals surface area contributed by atoms with Gasteiger partial charge in [0, 0.05) is 29.9 Å². The van der Waals surface area contributed by atoms with Crippen LogP contribution in [0.3, 0.4) is 0 Å². The lowest BCUT2D eigenvalue weighted by atomic mass is 10.1. The number of ketones is 2. The second kappa shape index (κ2) is 9.52. The van der Waals surface area contributed by atoms with Crippen LogP contribution in [0.25, 0.3) is 6.08 Å². The van der Waals surface area contributed by atoms with Gasteiger partial charge in [-0.1, -0.05) is 47.2 Å². The third-order valence-electron chi connectivity index (χ3n) is 5.00. The Hall–Kier alpha value is -3.20. The molecule has 1 N–H and O–H groups in total. The van der Waals surface area contributed by atoms with Crippen LogP contribution < -0.4 is 4.90 Å². The zero-order chi connectivity index (χ0) is 22.7. The highest BCUT2D eigenvalue weighted by atomic mass is 35.5. The normalized spacial score (nSPS) is 13.2. The van der Waals surface area contributed by atoms with Crippen LogP contribution in [0.4, 0.5) is 16.5 Å². The molecule has 32 heavy (non-hydrogen) atoms. The fourth-order valence-corrected chi connectivity index (χ4v) is 4.41. The van der Waals surface area contributed by atoms with Crippen molar-refractivity contribution in [1.82, 2.24) is 4.98 Å². The lowest BCUT2D eigenvalue weighted by molar-refractivity contribution is 0.0990. The van der Waals surface area contributed by atoms with E-state index in [9.17, 15) is 9.59 Å². The van der Waals surface area contributed by atoms with Crippen molar-refractivity contribution in [2.24, 2.45) is 10.2 Å². The first-order valence-corrected chi connectivity index (χ1v) is 11.1. The number of likely N-dealkylation sites (N-methyl/N-ethyl adjacent to an activating group) is 1. The SMILES string of the molecule is CCN(CCO)c1ccc(/N=N/c2nc(Cl)c(C=C3C(=O)c4ccccc4C3=O)s2)cc1. The lowest BCUT2D eigenvalue weighted by Gasteiger charge is -2.21. The van der Waals surface area contributed by atoms with Crippen LogP contribution >= 0.6 is 22.9 Å². The molecule has 7 nitrogen and oxygen atoms in total. The number of allylic oxidation sites excluding steroid dienone is 1. The molecule has 0 saturated heterocycles. The van der Waals surface area contributed by atoms with Gasteiger partial charge in [-0.15, -0.1) is 10.2 Å². The van der Waals surface area contributed by atoms with Gasteiger partial charge < -0.3 is 10.0 Å². The summed E-state index contributed by atoms with van der Waals surface area (Å²) >= 11 is 7.36. The quantitative estimate of drug-likeness (QED) is 0.282. The maximum atomic E-state index is 12.6. The molecule has 4 rings (SSSR count). The molecule has 9 heteroatoms. The highest BCUT2D eigenvalue weighted by molar-refractivity contribution is 7.16. The summed E-state index contributed by atoms with van der Waals surface area (Å²) in [6.45, 7) is 3.45. The Bertz CT molecular complexity index is 1200. The molecule has 1 aromatic heterocycles. The number of carbonyl (C=O) groups excluding carboxylic acids is 2. The molecule has 0 amide bonds. The molecule has 2 aromatic carbocycles. The van der Waals surface area contributed by atoms with Crippen molar-refractivity contribution in [3.63, 3.8) is 0 Å². The number of fused-ring (bicyclic) bond motifs is 1. The predicted octanol–water partition coefficient (Wildman–Crippen LogP) is 5.49. The first kappa shape index (κ1) is 22.0. The van der Waals surface area contributed by atoms with Crippen molar-refractivity contribution in [3.05, 3.63) is 75.3 Å². The number of rotatable bonds is 7. The van der Waals surface area contributed by atoms with Crippen molar-refractivity contribution in [1.29, 1.82) is 0 Å². The van der Waals surface area contributed by atoms with Crippen molar-refractivity contribution in [2.75, 3.05) is 24.6 Å². The average Bonchev–Trinajstić information content (AvgIpc) is 3.29. The maximum absolute atomic E-state index is 12.6. The zero-order valence-corrected chi connectivity index (χ0v) is 18.7. The van der Waals surface area contributed by atoms with Gasteiger partial charge in [0.2, 0.25) is 5.13 Å². The minimum atomic E-state index is -0.319. The summed E-state index contributed by atoms with van der Waals surface area (Å²) in [5.74, 6) is -0.638. The van der Waals surface area contributed by atoms with E-state index in [2.05, 4.69) is 15.2 Å². The van der Waals surface area contributed by atoms with E-state index in [-0.39, 0.29) is 28.9 Å². The topological polar surface area (TPSA) is 95.2 Å². The van der Waals surface area contributed by atoms with E-state index in [0.29, 0.717) is 33.4 Å². The summed E-state index contributed by atoms with van der Waals surface area (Å²) in [4.78, 5) is 31.8. The summed E-state index contributed by atoms with van der Waals surface area (Å²) in [5.41, 5.74) is 2.48. The van der Waals surface area contributed by atoms with Crippen molar-refractivity contribution >= 4 is 57.1 Å². The average molecular weight is 467 g/mol. The highest BCUT2D eigenvalue weighted by Gasteiger charge is 2.33. The molecule has 0 spiro atoms. The van der Waals surface area contributed by atoms with E-state index in [4.69, 9.17) is 16.7 Å². The van der Waals surface area contributed by atoms with Gasteiger partial charge in [-0.25, -0.2) is 4.98 Å². The molecule has 1 aliphatic rings. The van der Waals surface area contributed by atoms with E-state index in [0.717, 1.165) is 23.6 Å². The largest absolute Gasteiger partial charge is 0.395 e. The van der Waals surface area contributed by atoms with E-state index in [1.165, 1.54) is 6.08 Å². The number of anilines is 1. The Labute approximate surface area is 193 Å². The number of nitrogens with zero attached hydrogens (tertiary/aromatic N) is 4. The van der Waals surface area contributed by atoms with Crippen LogP contribution in [0.5, 0.6) is 0 Å². The van der Waals surface area contributed by atoms with Gasteiger partial charge in [-0.3, -0.25) is 9.59 Å². The number of benzene rings is 2. The molecule has 0 radical (unpaired) electrons. The summed E-state index contributed by atoms with van der Waals surface area (Å²) in [6, 6.07) is 14.2. The third-order valence-corrected chi connectivity index (χ3v) is 6.28. The third kappa shape index (κ3) is 4.38. The molecule has 1 aliphatic carbocycles. The number of halogens is 1. The number of aliphatic hydroxyl groups excluding tert-OH is 1. The van der Waals surface area contributed by atoms with Gasteiger partial charge in [-0.2, -0.15) is 0 Å². The second-order valence-corrected chi connectivity index (χ2v) is 8.30. The molecule has 3 aromatic rings. The first-order chi connectivity index (χ1) is 15.5. The number of thiazole rings is 1. The minimum Gasteiger partial charge on any atom is -0.395 e. The number of aromatic nitrogens is 1. The molecular formula is C23H19ClN4O3S. The summed E-state index contributed by atoms with van der Waals surface area (Å²) < 4.78 is 0. The molecule has 0 aliphatic heterocycles. The van der Waals surface area contributed by atoms with Crippen LogP contribution in [-0.4, -0.2) is 41.4 Å². The predicted molar refractivity (Wildman–Crippen MR) is 126 cm³/mol. The van der Waals surface area contributed by atoms with Gasteiger partial charge in [0.25, 0.3) is 0 Å². The van der Waals surface area contributed by atoms with Crippen LogP contribution in [0.2, 0.25) is 5.15 Å². The van der Waals surface area contributed by atoms with Gasteiger partial charge in [0.1, 0.15) is 5.15 Å². The number of azo groups is 1. The molecule has 162 valence electrons. The first-order valence-electron chi connectivity index (χ1n) is 9.96. The Morgan fingerprint density at radius 3 is 2.31 bits per heavy atom. The Morgan fingerprint density at radius 1 is 1.06 bits per heavy atom. The molecule has 1 heterocycles. The van der Waals surface area contributed by atoms with E-state index in [1.54, 1.807) is 24.3 Å². The van der Waals surface area contributed by atoms with E-state index >= 15 is 0 Å². The van der Waals surface area contributed by atoms with E-state index in [1.807, 2.05) is 36.1 Å². The highest BCUT2D eigenvalue weighted by Crippen LogP contribution is 2.35. The number of hydrogen-bond acceptors (Lipinski definition) is 8. The zero-order valence-electron chi connectivity index (χ0n) is 17.2. The minimum absolute atomic E-state index is 0.0687. The molecule has 0 fully saturated rings. The van der Waals surface area contributed by atoms with Crippen molar-refractivity contribution in [3.8, 4) is 0 Å². The molecule has 0 unspecified atom stereocenters. The Balaban J connectivity index is 1.52. The molecular weight excluding hydrogens is 448 g/mol. The van der Waals surface area contributed by atoms with Gasteiger partial charge >= 0.3 is 0 Å². The molecule has 0 bridgehead atoms. The van der Waals surface area contributed by atoms with Gasteiger partial charge in [-0.05, 0) is 37.3 Å². The summed E-state index contributed by atoms with van der Waals surface area (Å²) in [7, 11) is 0. The smallest absolute Gasteiger partial charge is 0.231 e. The maximum Gasteiger partial charge on any atom is 0.231 e. The molecule has 0 atom stereocenters. The number of carbonyl (C=O) groups is 2. The fourth-order valence-electron chi connectivity index (χ4n) is 3.39. The Kier molecular flexibility index (Phi) is 6.55. The number of aliphatic hydroxyl groups is 1. The molecule has 0 saturated carbocycles. The Morgan fingerprint density at radius 2 is 1.72 bits per heavy atom. The van der Waals surface area contributed by atoms with Crippen LogP contribution in [0.15, 0.2) is 64.3 Å². The lowest BCUT2D eigenvalue weighted by Crippen LogP contribution is -2.25. The standard InChI is InChI=1S/C23H19ClN4O3S/c1-2-28(11-12-29)15-9-7-14(8-10-15)26-27-23-25-22(24)19(32-23)13-18-20(30)16-5-3-4-6-17(16)21(18)31/h3-10,13,29H,2,11-12H2,1H3/b27-26+. The number of hydrogen-bond donors (Lipinski definition) is 1. The fraction of sp³-hybridized carbons (Fsp3) is 0.174. The van der Waals surface area contributed by atoms with Crippen molar-refractivity contribution in [2.45, 2.75) is 6.92 Å². The number of Topliss-reactive ketones (excluding diaryl/α,β-unsaturated/α-hetero) is 2. The second-order valence-electron chi connectivity index (χ2n) is 6.93. The van der Waals surface area contributed by atoms with Crippen molar-refractivity contribution < 1.29 is 14.7 Å². The summed E-state index contributed by atoms with van der Waals surface area (Å²) in [6.07, 6.45) is 1.47. The van der Waals surface area contributed by atoms with E-state index < -0.39 is 0 Å². The van der Waals surface area contributed by atoms with Crippen LogP contribution in [0.1, 0.15) is 32.5 Å². The van der Waals surface area contributed by atoms with Crippen LogP contribution in [-0.2, 0) is 0 Å². The van der Waals surface area contributed by atoms with Gasteiger partial charge in [0.05, 0.1) is 22.7 Å². The van der Waals surface area contributed by atoms with Gasteiger partial charge in [0.15, 0.2) is 11.6 Å².